The maximum Gasteiger partial charge on any atom is 0.197 e. The summed E-state index contributed by atoms with van der Waals surface area (Å²) in [5, 5.41) is 0. The minimum Gasteiger partial charge on any atom is -0.496 e. The lowest BCUT2D eigenvalue weighted by atomic mass is 10.1. The maximum absolute atomic E-state index is 12.9. The highest BCUT2D eigenvalue weighted by Crippen LogP contribution is 2.29. The molecule has 0 saturated carbocycles. The molecule has 3 N–H and O–H groups in total. The maximum atomic E-state index is 12.9. The number of H-pyrrole nitrogens is 1. The predicted molar refractivity (Wildman–Crippen MR) is 54.9 cm³/mol. The summed E-state index contributed by atoms with van der Waals surface area (Å²) in [6.07, 6.45) is 1.57. The van der Waals surface area contributed by atoms with Gasteiger partial charge in [0.15, 0.2) is 5.95 Å². The molecule has 5 heteroatoms. The summed E-state index contributed by atoms with van der Waals surface area (Å²) >= 11 is 0. The van der Waals surface area contributed by atoms with Crippen molar-refractivity contribution in [3.63, 3.8) is 0 Å². The molecule has 0 radical (unpaired) electrons. The fourth-order valence-electron chi connectivity index (χ4n) is 1.36. The summed E-state index contributed by atoms with van der Waals surface area (Å²) in [6, 6.07) is 4.28. The Morgan fingerprint density at radius 3 is 2.87 bits per heavy atom. The molecule has 0 amide bonds. The van der Waals surface area contributed by atoms with Gasteiger partial charge >= 0.3 is 0 Å². The molecule has 0 aliphatic carbocycles. The standard InChI is InChI=1S/C10H10FN3O/c1-15-9-4-6(11)2-3-7(9)8-5-13-10(12)14-8/h2-5H,1H3,(H3,12,13,14). The fraction of sp³-hybridized carbons (Fsp3) is 0.100. The van der Waals surface area contributed by atoms with Gasteiger partial charge in [-0.15, -0.1) is 0 Å². The summed E-state index contributed by atoms with van der Waals surface area (Å²) in [6.45, 7) is 0. The van der Waals surface area contributed by atoms with E-state index in [-0.39, 0.29) is 5.82 Å². The van der Waals surface area contributed by atoms with Crippen molar-refractivity contribution < 1.29 is 9.13 Å². The van der Waals surface area contributed by atoms with E-state index in [0.29, 0.717) is 17.4 Å². The third-order valence-corrected chi connectivity index (χ3v) is 2.05. The van der Waals surface area contributed by atoms with Crippen LogP contribution in [0.25, 0.3) is 11.3 Å². The van der Waals surface area contributed by atoms with Crippen LogP contribution in [0.1, 0.15) is 0 Å². The Kier molecular flexibility index (Phi) is 2.29. The Hall–Kier alpha value is -2.04. The first kappa shape index (κ1) is 9.51. The van der Waals surface area contributed by atoms with E-state index in [4.69, 9.17) is 10.5 Å². The van der Waals surface area contributed by atoms with Crippen LogP contribution in [-0.2, 0) is 0 Å². The first-order valence-electron chi connectivity index (χ1n) is 4.35. The van der Waals surface area contributed by atoms with Crippen molar-refractivity contribution in [2.75, 3.05) is 12.8 Å². The SMILES string of the molecule is COc1cc(F)ccc1-c1cnc(N)[nH]1. The third kappa shape index (κ3) is 1.76. The van der Waals surface area contributed by atoms with Crippen molar-refractivity contribution in [1.29, 1.82) is 0 Å². The molecule has 0 unspecified atom stereocenters. The average molecular weight is 207 g/mol. The van der Waals surface area contributed by atoms with Gasteiger partial charge in [0.1, 0.15) is 11.6 Å². The Balaban J connectivity index is 2.52. The number of methoxy groups -OCH3 is 1. The zero-order valence-electron chi connectivity index (χ0n) is 8.12. The van der Waals surface area contributed by atoms with Crippen molar-refractivity contribution in [2.45, 2.75) is 0 Å². The topological polar surface area (TPSA) is 63.9 Å². The molecular weight excluding hydrogens is 197 g/mol. The fourth-order valence-corrected chi connectivity index (χ4v) is 1.36. The molecule has 2 rings (SSSR count). The van der Waals surface area contributed by atoms with Gasteiger partial charge in [-0.05, 0) is 12.1 Å². The summed E-state index contributed by atoms with van der Waals surface area (Å²) in [7, 11) is 1.48. The molecule has 0 aliphatic rings. The second kappa shape index (κ2) is 3.61. The molecule has 0 saturated heterocycles. The van der Waals surface area contributed by atoms with Crippen LogP contribution in [-0.4, -0.2) is 17.1 Å². The van der Waals surface area contributed by atoms with Crippen LogP contribution in [0.4, 0.5) is 10.3 Å². The minimum atomic E-state index is -0.344. The number of hydrogen-bond donors (Lipinski definition) is 2. The molecule has 15 heavy (non-hydrogen) atoms. The lowest BCUT2D eigenvalue weighted by molar-refractivity contribution is 0.413. The molecule has 4 nitrogen and oxygen atoms in total. The monoisotopic (exact) mass is 207 g/mol. The Morgan fingerprint density at radius 2 is 2.27 bits per heavy atom. The van der Waals surface area contributed by atoms with E-state index < -0.39 is 0 Å². The number of nitrogen functional groups attached to an aromatic ring is 1. The van der Waals surface area contributed by atoms with Gasteiger partial charge in [0.2, 0.25) is 0 Å². The van der Waals surface area contributed by atoms with E-state index >= 15 is 0 Å². The molecule has 0 bridgehead atoms. The number of nitrogens with one attached hydrogen (secondary N) is 1. The van der Waals surface area contributed by atoms with Crippen LogP contribution in [0.2, 0.25) is 0 Å². The number of imidazole rings is 1. The summed E-state index contributed by atoms with van der Waals surface area (Å²) in [4.78, 5) is 6.71. The van der Waals surface area contributed by atoms with Crippen LogP contribution in [0.5, 0.6) is 5.75 Å². The van der Waals surface area contributed by atoms with Crippen molar-refractivity contribution >= 4 is 5.95 Å². The largest absolute Gasteiger partial charge is 0.496 e. The summed E-state index contributed by atoms with van der Waals surface area (Å²) in [5.41, 5.74) is 6.88. The van der Waals surface area contributed by atoms with Crippen molar-refractivity contribution in [2.24, 2.45) is 0 Å². The number of nitrogens with zero attached hydrogens (tertiary/aromatic N) is 1. The van der Waals surface area contributed by atoms with Gasteiger partial charge in [0.25, 0.3) is 0 Å². The number of halogens is 1. The molecule has 1 heterocycles. The van der Waals surface area contributed by atoms with E-state index in [9.17, 15) is 4.39 Å². The molecule has 78 valence electrons. The van der Waals surface area contributed by atoms with Crippen molar-refractivity contribution in [3.8, 4) is 17.0 Å². The summed E-state index contributed by atoms with van der Waals surface area (Å²) in [5.74, 6) is 0.415. The van der Waals surface area contributed by atoms with Gasteiger partial charge in [-0.3, -0.25) is 0 Å². The molecule has 0 fully saturated rings. The number of anilines is 1. The number of aromatic nitrogens is 2. The normalized spacial score (nSPS) is 10.3. The van der Waals surface area contributed by atoms with Gasteiger partial charge in [-0.1, -0.05) is 0 Å². The van der Waals surface area contributed by atoms with E-state index in [1.807, 2.05) is 0 Å². The molecule has 0 atom stereocenters. The zero-order chi connectivity index (χ0) is 10.8. The van der Waals surface area contributed by atoms with Gasteiger partial charge in [-0.2, -0.15) is 0 Å². The van der Waals surface area contributed by atoms with Crippen LogP contribution < -0.4 is 10.5 Å². The van der Waals surface area contributed by atoms with Crippen LogP contribution >= 0.6 is 0 Å². The molecular formula is C10H10FN3O. The van der Waals surface area contributed by atoms with Gasteiger partial charge in [0, 0.05) is 11.6 Å². The number of rotatable bonds is 2. The van der Waals surface area contributed by atoms with Crippen molar-refractivity contribution in [1.82, 2.24) is 9.97 Å². The number of nitrogens with two attached hydrogens (primary N) is 1. The Bertz CT molecular complexity index is 481. The average Bonchev–Trinajstić information content (AvgIpc) is 2.64. The smallest absolute Gasteiger partial charge is 0.197 e. The molecule has 2 aromatic rings. The highest BCUT2D eigenvalue weighted by molar-refractivity contribution is 5.67. The third-order valence-electron chi connectivity index (χ3n) is 2.05. The number of aromatic amines is 1. The first-order chi connectivity index (χ1) is 7.20. The number of benzene rings is 1. The van der Waals surface area contributed by atoms with E-state index in [0.717, 1.165) is 5.56 Å². The Morgan fingerprint density at radius 1 is 1.47 bits per heavy atom. The highest BCUT2D eigenvalue weighted by atomic mass is 19.1. The highest BCUT2D eigenvalue weighted by Gasteiger charge is 2.08. The van der Waals surface area contributed by atoms with Crippen molar-refractivity contribution in [3.05, 3.63) is 30.2 Å². The number of hydrogen-bond acceptors (Lipinski definition) is 3. The van der Waals surface area contributed by atoms with Crippen LogP contribution in [0.3, 0.4) is 0 Å². The predicted octanol–water partition coefficient (Wildman–Crippen LogP) is 1.81. The molecule has 0 spiro atoms. The number of ether oxygens (including phenoxy) is 1. The van der Waals surface area contributed by atoms with Gasteiger partial charge in [-0.25, -0.2) is 9.37 Å². The quantitative estimate of drug-likeness (QED) is 0.789. The second-order valence-electron chi connectivity index (χ2n) is 3.03. The van der Waals surface area contributed by atoms with Crippen LogP contribution in [0.15, 0.2) is 24.4 Å². The van der Waals surface area contributed by atoms with Crippen LogP contribution in [0, 0.1) is 5.82 Å². The van der Waals surface area contributed by atoms with E-state index in [1.54, 1.807) is 12.3 Å². The second-order valence-corrected chi connectivity index (χ2v) is 3.03. The zero-order valence-corrected chi connectivity index (χ0v) is 8.12. The van der Waals surface area contributed by atoms with E-state index in [2.05, 4.69) is 9.97 Å². The van der Waals surface area contributed by atoms with Gasteiger partial charge < -0.3 is 15.5 Å². The Labute approximate surface area is 85.9 Å². The minimum absolute atomic E-state index is 0.316. The molecule has 1 aromatic carbocycles. The lowest BCUT2D eigenvalue weighted by Gasteiger charge is -2.05. The molecule has 1 aromatic heterocycles. The summed E-state index contributed by atoms with van der Waals surface area (Å²) < 4.78 is 18.0. The lowest BCUT2D eigenvalue weighted by Crippen LogP contribution is -1.90. The van der Waals surface area contributed by atoms with E-state index in [1.165, 1.54) is 19.2 Å². The van der Waals surface area contributed by atoms with Gasteiger partial charge in [0.05, 0.1) is 19.0 Å². The molecule has 0 aliphatic heterocycles. The first-order valence-corrected chi connectivity index (χ1v) is 4.35.